The van der Waals surface area contributed by atoms with Crippen LogP contribution in [0.1, 0.15) is 11.1 Å². The maximum absolute atomic E-state index is 4.39. The Morgan fingerprint density at radius 1 is 0.842 bits per heavy atom. The number of hydrazine groups is 2. The van der Waals surface area contributed by atoms with Gasteiger partial charge in [0.15, 0.2) is 0 Å². The molecule has 0 aliphatic carbocycles. The van der Waals surface area contributed by atoms with Gasteiger partial charge in [-0.15, -0.1) is 5.10 Å². The Balaban J connectivity index is 2.01. The van der Waals surface area contributed by atoms with Crippen LogP contribution in [0.3, 0.4) is 0 Å². The number of rotatable bonds is 2. The Morgan fingerprint density at radius 3 is 2.05 bits per heavy atom. The van der Waals surface area contributed by atoms with Crippen molar-refractivity contribution >= 4 is 17.7 Å². The zero-order valence-corrected chi connectivity index (χ0v) is 11.0. The predicted molar refractivity (Wildman–Crippen MR) is 78.9 cm³/mol. The molecule has 4 heteroatoms. The van der Waals surface area contributed by atoms with Gasteiger partial charge in [0.25, 0.3) is 0 Å². The third kappa shape index (κ3) is 2.01. The highest BCUT2D eigenvalue weighted by atomic mass is 15.9. The quantitative estimate of drug-likeness (QED) is 0.891. The molecule has 2 aromatic rings. The van der Waals surface area contributed by atoms with Crippen LogP contribution in [0.2, 0.25) is 0 Å². The van der Waals surface area contributed by atoms with Crippen molar-refractivity contribution in [2.75, 3.05) is 10.2 Å². The second-order valence-corrected chi connectivity index (χ2v) is 4.55. The van der Waals surface area contributed by atoms with Crippen LogP contribution in [-0.2, 0) is 0 Å². The van der Waals surface area contributed by atoms with Crippen molar-refractivity contribution in [3.8, 4) is 0 Å². The van der Waals surface area contributed by atoms with E-state index in [-0.39, 0.29) is 0 Å². The van der Waals surface area contributed by atoms with Crippen LogP contribution in [0.15, 0.2) is 53.6 Å². The zero-order chi connectivity index (χ0) is 13.2. The van der Waals surface area contributed by atoms with Crippen molar-refractivity contribution in [2.45, 2.75) is 13.8 Å². The Morgan fingerprint density at radius 2 is 1.42 bits per heavy atom. The third-order valence-electron chi connectivity index (χ3n) is 3.21. The topological polar surface area (TPSA) is 30.9 Å². The van der Waals surface area contributed by atoms with E-state index in [4.69, 9.17) is 0 Å². The first-order valence-corrected chi connectivity index (χ1v) is 6.27. The molecule has 96 valence electrons. The molecule has 0 radical (unpaired) electrons. The van der Waals surface area contributed by atoms with Crippen molar-refractivity contribution < 1.29 is 0 Å². The Kier molecular flexibility index (Phi) is 2.83. The van der Waals surface area contributed by atoms with Crippen molar-refractivity contribution in [3.63, 3.8) is 0 Å². The molecule has 1 N–H and O–H groups in total. The lowest BCUT2D eigenvalue weighted by Gasteiger charge is -2.29. The van der Waals surface area contributed by atoms with Crippen LogP contribution in [0.25, 0.3) is 0 Å². The van der Waals surface area contributed by atoms with Gasteiger partial charge in [-0.3, -0.25) is 5.43 Å². The summed E-state index contributed by atoms with van der Waals surface area (Å²) in [6, 6.07) is 16.4. The highest BCUT2D eigenvalue weighted by Crippen LogP contribution is 2.27. The number of benzene rings is 2. The summed E-state index contributed by atoms with van der Waals surface area (Å²) in [5.74, 6) is 0. The SMILES string of the molecule is Cc1ccccc1N1N=CNN1c1ccccc1C. The van der Waals surface area contributed by atoms with Gasteiger partial charge in [-0.2, -0.15) is 10.2 Å². The fourth-order valence-electron chi connectivity index (χ4n) is 2.17. The fraction of sp³-hybridized carbons (Fsp3) is 0.133. The van der Waals surface area contributed by atoms with E-state index in [9.17, 15) is 0 Å². The number of hydrazone groups is 1. The van der Waals surface area contributed by atoms with Gasteiger partial charge >= 0.3 is 0 Å². The van der Waals surface area contributed by atoms with E-state index in [0.717, 1.165) is 11.4 Å². The number of para-hydroxylation sites is 2. The predicted octanol–water partition coefficient (Wildman–Crippen LogP) is 2.99. The summed E-state index contributed by atoms with van der Waals surface area (Å²) in [6.45, 7) is 4.17. The smallest absolute Gasteiger partial charge is 0.131 e. The molecule has 0 saturated heterocycles. The Bertz CT molecular complexity index is 621. The summed E-state index contributed by atoms with van der Waals surface area (Å²) in [7, 11) is 0. The van der Waals surface area contributed by atoms with Gasteiger partial charge < -0.3 is 0 Å². The van der Waals surface area contributed by atoms with Gasteiger partial charge in [-0.1, -0.05) is 36.4 Å². The minimum atomic E-state index is 1.06. The zero-order valence-electron chi connectivity index (χ0n) is 11.0. The second-order valence-electron chi connectivity index (χ2n) is 4.55. The van der Waals surface area contributed by atoms with Gasteiger partial charge in [0.1, 0.15) is 6.34 Å². The van der Waals surface area contributed by atoms with Crippen molar-refractivity contribution in [2.24, 2.45) is 5.10 Å². The molecule has 3 rings (SSSR count). The van der Waals surface area contributed by atoms with Gasteiger partial charge in [0, 0.05) is 0 Å². The van der Waals surface area contributed by atoms with E-state index in [2.05, 4.69) is 48.6 Å². The molecular weight excluding hydrogens is 236 g/mol. The van der Waals surface area contributed by atoms with E-state index in [1.54, 1.807) is 6.34 Å². The highest BCUT2D eigenvalue weighted by molar-refractivity contribution is 5.72. The molecule has 0 saturated carbocycles. The van der Waals surface area contributed by atoms with Crippen LogP contribution in [0.5, 0.6) is 0 Å². The van der Waals surface area contributed by atoms with Gasteiger partial charge in [0.05, 0.1) is 11.4 Å². The first kappa shape index (κ1) is 11.6. The second kappa shape index (κ2) is 4.65. The summed E-state index contributed by atoms with van der Waals surface area (Å²) in [5, 5.41) is 8.20. The maximum atomic E-state index is 4.39. The van der Waals surface area contributed by atoms with Crippen LogP contribution in [0.4, 0.5) is 11.4 Å². The maximum Gasteiger partial charge on any atom is 0.131 e. The average molecular weight is 252 g/mol. The van der Waals surface area contributed by atoms with Crippen molar-refractivity contribution in [3.05, 3.63) is 59.7 Å². The number of hydrogen-bond acceptors (Lipinski definition) is 4. The highest BCUT2D eigenvalue weighted by Gasteiger charge is 2.22. The summed E-state index contributed by atoms with van der Waals surface area (Å²) >= 11 is 0. The van der Waals surface area contributed by atoms with Crippen LogP contribution in [0, 0.1) is 13.8 Å². The van der Waals surface area contributed by atoms with Gasteiger partial charge in [-0.25, -0.2) is 0 Å². The van der Waals surface area contributed by atoms with E-state index in [1.807, 2.05) is 34.5 Å². The van der Waals surface area contributed by atoms with E-state index < -0.39 is 0 Å². The monoisotopic (exact) mass is 252 g/mol. The minimum Gasteiger partial charge on any atom is -0.265 e. The normalized spacial score (nSPS) is 13.8. The molecule has 1 aliphatic rings. The molecule has 1 aliphatic heterocycles. The first-order valence-electron chi connectivity index (χ1n) is 6.27. The van der Waals surface area contributed by atoms with Gasteiger partial charge in [-0.05, 0) is 37.1 Å². The van der Waals surface area contributed by atoms with E-state index >= 15 is 0 Å². The third-order valence-corrected chi connectivity index (χ3v) is 3.21. The van der Waals surface area contributed by atoms with E-state index in [0.29, 0.717) is 0 Å². The fourth-order valence-corrected chi connectivity index (χ4v) is 2.17. The lowest BCUT2D eigenvalue weighted by atomic mass is 10.2. The minimum absolute atomic E-state index is 1.06. The molecule has 0 amide bonds. The largest absolute Gasteiger partial charge is 0.265 e. The van der Waals surface area contributed by atoms with Crippen molar-refractivity contribution in [1.82, 2.24) is 5.43 Å². The number of nitrogens with zero attached hydrogens (tertiary/aromatic N) is 3. The van der Waals surface area contributed by atoms with E-state index in [1.165, 1.54) is 11.1 Å². The lowest BCUT2D eigenvalue weighted by molar-refractivity contribution is 0.767. The number of aryl methyl sites for hydroxylation is 2. The standard InChI is InChI=1S/C15H16N4/c1-12-7-3-5-9-14(12)18-16-11-17-19(18)15-10-6-4-8-13(15)2/h3-11H,1-2H3,(H,16,17). The molecule has 1 heterocycles. The molecule has 4 nitrogen and oxygen atoms in total. The summed E-state index contributed by atoms with van der Waals surface area (Å²) in [4.78, 5) is 0. The van der Waals surface area contributed by atoms with Crippen molar-refractivity contribution in [1.29, 1.82) is 0 Å². The van der Waals surface area contributed by atoms with Crippen LogP contribution < -0.4 is 15.7 Å². The first-order chi connectivity index (χ1) is 9.27. The molecule has 0 fully saturated rings. The van der Waals surface area contributed by atoms with Crippen LogP contribution >= 0.6 is 0 Å². The van der Waals surface area contributed by atoms with Gasteiger partial charge in [0.2, 0.25) is 0 Å². The molecule has 0 aromatic heterocycles. The summed E-state index contributed by atoms with van der Waals surface area (Å²) in [6.07, 6.45) is 1.69. The molecule has 2 aromatic carbocycles. The lowest BCUT2D eigenvalue weighted by Crippen LogP contribution is -2.43. The average Bonchev–Trinajstić information content (AvgIpc) is 2.89. The molecule has 0 spiro atoms. The number of hydrogen-bond donors (Lipinski definition) is 1. The number of anilines is 2. The summed E-state index contributed by atoms with van der Waals surface area (Å²) in [5.41, 5.74) is 7.68. The molecule has 0 unspecified atom stereocenters. The Labute approximate surface area is 112 Å². The number of nitrogens with one attached hydrogen (secondary N) is 1. The molecule has 0 bridgehead atoms. The van der Waals surface area contributed by atoms with Crippen LogP contribution in [-0.4, -0.2) is 6.34 Å². The molecule has 0 atom stereocenters. The Hall–Kier alpha value is -2.49. The summed E-state index contributed by atoms with van der Waals surface area (Å²) < 4.78 is 0. The molecule has 19 heavy (non-hydrogen) atoms. The molecular formula is C15H16N4.